The fraction of sp³-hybridized carbons (Fsp3) is 0.579. The summed E-state index contributed by atoms with van der Waals surface area (Å²) in [5.41, 5.74) is 0.689. The van der Waals surface area contributed by atoms with Gasteiger partial charge in [-0.3, -0.25) is 4.79 Å². The van der Waals surface area contributed by atoms with Gasteiger partial charge in [0.05, 0.1) is 19.2 Å². The molecule has 1 unspecified atom stereocenters. The van der Waals surface area contributed by atoms with Crippen molar-refractivity contribution in [1.82, 2.24) is 20.1 Å². The monoisotopic (exact) mass is 372 g/mol. The van der Waals surface area contributed by atoms with Crippen molar-refractivity contribution < 1.29 is 18.7 Å². The van der Waals surface area contributed by atoms with Crippen LogP contribution in [-0.4, -0.2) is 46.2 Å². The number of likely N-dealkylation sites (tertiary alicyclic amines) is 1. The van der Waals surface area contributed by atoms with Crippen molar-refractivity contribution in [3.05, 3.63) is 35.7 Å². The number of carbonyl (C=O) groups excluding carboxylic acids is 1. The fourth-order valence-corrected chi connectivity index (χ4v) is 3.70. The van der Waals surface area contributed by atoms with Crippen LogP contribution in [0.1, 0.15) is 61.7 Å². The Labute approximate surface area is 157 Å². The van der Waals surface area contributed by atoms with Gasteiger partial charge >= 0.3 is 0 Å². The number of hydrogen-bond acceptors (Lipinski definition) is 7. The number of piperidine rings is 1. The van der Waals surface area contributed by atoms with Crippen LogP contribution in [-0.2, 0) is 16.0 Å². The minimum atomic E-state index is -0.181. The van der Waals surface area contributed by atoms with Crippen molar-refractivity contribution in [2.24, 2.45) is 0 Å². The summed E-state index contributed by atoms with van der Waals surface area (Å²) in [5.74, 6) is 1.55. The van der Waals surface area contributed by atoms with E-state index in [2.05, 4.69) is 15.2 Å². The van der Waals surface area contributed by atoms with E-state index >= 15 is 0 Å². The first-order chi connectivity index (χ1) is 13.2. The van der Waals surface area contributed by atoms with Gasteiger partial charge in [-0.05, 0) is 38.2 Å². The molecule has 0 radical (unpaired) electrons. The minimum Gasteiger partial charge on any atom is -0.481 e. The summed E-state index contributed by atoms with van der Waals surface area (Å²) in [6, 6.07) is 5.26. The predicted molar refractivity (Wildman–Crippen MR) is 95.0 cm³/mol. The molecule has 8 heteroatoms. The van der Waals surface area contributed by atoms with E-state index < -0.39 is 0 Å². The summed E-state index contributed by atoms with van der Waals surface area (Å²) >= 11 is 0. The highest BCUT2D eigenvalue weighted by Crippen LogP contribution is 2.33. The molecular weight excluding hydrogens is 348 g/mol. The van der Waals surface area contributed by atoms with E-state index in [9.17, 15) is 4.79 Å². The zero-order valence-electron chi connectivity index (χ0n) is 15.5. The Hall–Kier alpha value is -2.48. The average molecular weight is 372 g/mol. The molecule has 2 aliphatic rings. The first-order valence-corrected chi connectivity index (χ1v) is 9.49. The number of methoxy groups -OCH3 is 1. The quantitative estimate of drug-likeness (QED) is 0.797. The van der Waals surface area contributed by atoms with Crippen molar-refractivity contribution in [3.63, 3.8) is 0 Å². The molecule has 8 nitrogen and oxygen atoms in total. The van der Waals surface area contributed by atoms with Gasteiger partial charge in [0.25, 0.3) is 0 Å². The van der Waals surface area contributed by atoms with Gasteiger partial charge in [0, 0.05) is 19.2 Å². The summed E-state index contributed by atoms with van der Waals surface area (Å²) in [7, 11) is 1.57. The molecule has 0 saturated carbocycles. The standard InChI is InChI=1S/C19H24N4O4/c1-25-16-9-4-6-13(20-16)12-17(24)23-10-3-2-7-14(23)18-21-22-19(27-18)15-8-5-11-26-15/h4,6,9,14-15H,2-3,5,7-8,10-12H2,1H3/t14?,15-/m1/s1. The number of nitrogens with zero attached hydrogens (tertiary/aromatic N) is 4. The van der Waals surface area contributed by atoms with E-state index in [1.165, 1.54) is 0 Å². The maximum atomic E-state index is 12.9. The third-order valence-corrected chi connectivity index (χ3v) is 5.09. The lowest BCUT2D eigenvalue weighted by atomic mass is 10.0. The first kappa shape index (κ1) is 17.9. The van der Waals surface area contributed by atoms with E-state index in [4.69, 9.17) is 13.9 Å². The fourth-order valence-electron chi connectivity index (χ4n) is 3.70. The zero-order valence-corrected chi connectivity index (χ0v) is 15.5. The Bertz CT molecular complexity index is 788. The highest BCUT2D eigenvalue weighted by atomic mass is 16.5. The maximum absolute atomic E-state index is 12.9. The molecule has 144 valence electrons. The smallest absolute Gasteiger partial charge is 0.245 e. The Morgan fingerprint density at radius 2 is 2.11 bits per heavy atom. The number of hydrogen-bond donors (Lipinski definition) is 0. The second-order valence-electron chi connectivity index (χ2n) is 6.93. The lowest BCUT2D eigenvalue weighted by molar-refractivity contribution is -0.135. The normalized spacial score (nSPS) is 22.8. The molecule has 0 N–H and O–H groups in total. The lowest BCUT2D eigenvalue weighted by Crippen LogP contribution is -2.39. The number of pyridine rings is 1. The van der Waals surface area contributed by atoms with Gasteiger partial charge in [-0.2, -0.15) is 0 Å². The summed E-state index contributed by atoms with van der Waals surface area (Å²) in [6.45, 7) is 1.41. The summed E-state index contributed by atoms with van der Waals surface area (Å²) in [5, 5.41) is 8.39. The van der Waals surface area contributed by atoms with Crippen molar-refractivity contribution in [2.45, 2.75) is 50.7 Å². The van der Waals surface area contributed by atoms with E-state index in [1.807, 2.05) is 17.0 Å². The van der Waals surface area contributed by atoms with Crippen molar-refractivity contribution in [1.29, 1.82) is 0 Å². The average Bonchev–Trinajstić information content (AvgIpc) is 3.40. The van der Waals surface area contributed by atoms with Crippen LogP contribution in [0, 0.1) is 0 Å². The minimum absolute atomic E-state index is 0.0114. The number of amides is 1. The third-order valence-electron chi connectivity index (χ3n) is 5.09. The molecule has 2 fully saturated rings. The van der Waals surface area contributed by atoms with Crippen LogP contribution in [0.3, 0.4) is 0 Å². The molecule has 2 atom stereocenters. The van der Waals surface area contributed by atoms with E-state index in [0.717, 1.165) is 38.7 Å². The van der Waals surface area contributed by atoms with Crippen LogP contribution < -0.4 is 4.74 Å². The van der Waals surface area contributed by atoms with Gasteiger partial charge < -0.3 is 18.8 Å². The van der Waals surface area contributed by atoms with Gasteiger partial charge in [0.1, 0.15) is 12.1 Å². The van der Waals surface area contributed by atoms with Gasteiger partial charge in [0.2, 0.25) is 23.6 Å². The molecule has 2 aliphatic heterocycles. The molecule has 2 aromatic rings. The molecule has 2 saturated heterocycles. The zero-order chi connectivity index (χ0) is 18.6. The molecule has 0 aliphatic carbocycles. The Kier molecular flexibility index (Phi) is 5.33. The number of aromatic nitrogens is 3. The SMILES string of the molecule is COc1cccc(CC(=O)N2CCCCC2c2nnc([C@H]3CCCO3)o2)n1. The Morgan fingerprint density at radius 1 is 1.22 bits per heavy atom. The van der Waals surface area contributed by atoms with Crippen LogP contribution in [0.4, 0.5) is 0 Å². The molecular formula is C19H24N4O4. The third kappa shape index (κ3) is 3.95. The van der Waals surface area contributed by atoms with Gasteiger partial charge in [-0.15, -0.1) is 10.2 Å². The Balaban J connectivity index is 1.49. The second kappa shape index (κ2) is 8.04. The lowest BCUT2D eigenvalue weighted by Gasteiger charge is -2.33. The molecule has 1 amide bonds. The topological polar surface area (TPSA) is 90.6 Å². The number of carbonyl (C=O) groups is 1. The van der Waals surface area contributed by atoms with Crippen LogP contribution in [0.2, 0.25) is 0 Å². The molecule has 4 heterocycles. The van der Waals surface area contributed by atoms with Crippen molar-refractivity contribution in [3.8, 4) is 5.88 Å². The molecule has 4 rings (SSSR count). The van der Waals surface area contributed by atoms with Gasteiger partial charge in [-0.1, -0.05) is 6.07 Å². The molecule has 0 bridgehead atoms. The molecule has 27 heavy (non-hydrogen) atoms. The number of ether oxygens (including phenoxy) is 2. The second-order valence-corrected chi connectivity index (χ2v) is 6.93. The summed E-state index contributed by atoms with van der Waals surface area (Å²) < 4.78 is 16.7. The molecule has 0 spiro atoms. The maximum Gasteiger partial charge on any atom is 0.245 e. The van der Waals surface area contributed by atoms with Gasteiger partial charge in [-0.25, -0.2) is 4.98 Å². The van der Waals surface area contributed by atoms with Crippen LogP contribution >= 0.6 is 0 Å². The number of rotatable bonds is 5. The molecule has 0 aromatic carbocycles. The van der Waals surface area contributed by atoms with Crippen LogP contribution in [0.25, 0.3) is 0 Å². The largest absolute Gasteiger partial charge is 0.481 e. The highest BCUT2D eigenvalue weighted by Gasteiger charge is 2.33. The van der Waals surface area contributed by atoms with Crippen molar-refractivity contribution >= 4 is 5.91 Å². The van der Waals surface area contributed by atoms with E-state index in [0.29, 0.717) is 29.9 Å². The van der Waals surface area contributed by atoms with Crippen LogP contribution in [0.5, 0.6) is 5.88 Å². The van der Waals surface area contributed by atoms with E-state index in [1.54, 1.807) is 13.2 Å². The first-order valence-electron chi connectivity index (χ1n) is 9.49. The van der Waals surface area contributed by atoms with Gasteiger partial charge in [0.15, 0.2) is 0 Å². The Morgan fingerprint density at radius 3 is 2.93 bits per heavy atom. The van der Waals surface area contributed by atoms with E-state index in [-0.39, 0.29) is 24.5 Å². The molecule has 2 aromatic heterocycles. The predicted octanol–water partition coefficient (Wildman–Crippen LogP) is 2.62. The highest BCUT2D eigenvalue weighted by molar-refractivity contribution is 5.78. The van der Waals surface area contributed by atoms with Crippen molar-refractivity contribution in [2.75, 3.05) is 20.3 Å². The summed E-state index contributed by atoms with van der Waals surface area (Å²) in [4.78, 5) is 19.1. The summed E-state index contributed by atoms with van der Waals surface area (Å²) in [6.07, 6.45) is 4.84. The van der Waals surface area contributed by atoms with Crippen LogP contribution in [0.15, 0.2) is 22.6 Å².